The number of benzene rings is 1. The Balaban J connectivity index is 1.47. The fourth-order valence-corrected chi connectivity index (χ4v) is 3.27. The van der Waals surface area contributed by atoms with E-state index in [2.05, 4.69) is 26.3 Å². The summed E-state index contributed by atoms with van der Waals surface area (Å²) in [6.45, 7) is 4.74. The van der Waals surface area contributed by atoms with Crippen molar-refractivity contribution in [2.75, 3.05) is 31.1 Å². The molecule has 0 unspecified atom stereocenters. The van der Waals surface area contributed by atoms with E-state index in [1.54, 1.807) is 17.1 Å². The van der Waals surface area contributed by atoms with Gasteiger partial charge in [0.1, 0.15) is 6.04 Å². The second kappa shape index (κ2) is 6.51. The van der Waals surface area contributed by atoms with E-state index < -0.39 is 0 Å². The number of carbonyl (C=O) groups is 1. The molecule has 0 bridgehead atoms. The zero-order valence-corrected chi connectivity index (χ0v) is 14.1. The average Bonchev–Trinajstić information content (AvgIpc) is 3.21. The van der Waals surface area contributed by atoms with Gasteiger partial charge in [-0.1, -0.05) is 24.3 Å². The van der Waals surface area contributed by atoms with Crippen LogP contribution < -0.4 is 4.90 Å². The first-order valence-corrected chi connectivity index (χ1v) is 8.47. The maximum absolute atomic E-state index is 12.7. The summed E-state index contributed by atoms with van der Waals surface area (Å²) in [7, 11) is 0. The highest BCUT2D eigenvalue weighted by Gasteiger charge is 2.27. The predicted octanol–water partition coefficient (Wildman–Crippen LogP) is 1.74. The van der Waals surface area contributed by atoms with Gasteiger partial charge in [0.05, 0.1) is 6.20 Å². The maximum atomic E-state index is 12.7. The van der Waals surface area contributed by atoms with Gasteiger partial charge in [-0.2, -0.15) is 10.2 Å². The second-order valence-corrected chi connectivity index (χ2v) is 6.23. The Morgan fingerprint density at radius 3 is 2.68 bits per heavy atom. The summed E-state index contributed by atoms with van der Waals surface area (Å²) in [6.07, 6.45) is 5.30. The van der Waals surface area contributed by atoms with Crippen LogP contribution in [-0.4, -0.2) is 57.0 Å². The van der Waals surface area contributed by atoms with E-state index >= 15 is 0 Å². The van der Waals surface area contributed by atoms with Crippen molar-refractivity contribution in [3.63, 3.8) is 0 Å². The minimum atomic E-state index is -0.279. The molecule has 25 heavy (non-hydrogen) atoms. The Labute approximate surface area is 145 Å². The molecule has 128 valence electrons. The second-order valence-electron chi connectivity index (χ2n) is 6.23. The lowest BCUT2D eigenvalue weighted by molar-refractivity contribution is -0.134. The molecule has 1 saturated heterocycles. The van der Waals surface area contributed by atoms with Crippen molar-refractivity contribution in [2.24, 2.45) is 0 Å². The average molecular weight is 336 g/mol. The largest absolute Gasteiger partial charge is 0.351 e. The maximum Gasteiger partial charge on any atom is 0.247 e. The van der Waals surface area contributed by atoms with Gasteiger partial charge >= 0.3 is 0 Å². The molecule has 4 rings (SSSR count). The van der Waals surface area contributed by atoms with E-state index in [1.807, 2.05) is 42.3 Å². The van der Waals surface area contributed by atoms with Crippen LogP contribution in [-0.2, 0) is 4.79 Å². The molecular weight excluding hydrogens is 316 g/mol. The molecule has 3 heterocycles. The van der Waals surface area contributed by atoms with Gasteiger partial charge in [0.25, 0.3) is 0 Å². The van der Waals surface area contributed by atoms with Crippen LogP contribution in [0.15, 0.2) is 48.9 Å². The van der Waals surface area contributed by atoms with Crippen molar-refractivity contribution in [3.8, 4) is 0 Å². The monoisotopic (exact) mass is 336 g/mol. The number of amides is 1. The third-order valence-electron chi connectivity index (χ3n) is 4.72. The molecule has 0 N–H and O–H groups in total. The van der Waals surface area contributed by atoms with Crippen LogP contribution in [0.4, 0.5) is 5.82 Å². The minimum absolute atomic E-state index is 0.104. The molecule has 7 nitrogen and oxygen atoms in total. The first kappa shape index (κ1) is 15.6. The van der Waals surface area contributed by atoms with Crippen LogP contribution >= 0.6 is 0 Å². The van der Waals surface area contributed by atoms with Crippen molar-refractivity contribution in [1.82, 2.24) is 24.9 Å². The van der Waals surface area contributed by atoms with Gasteiger partial charge in [-0.05, 0) is 13.0 Å². The molecule has 1 amide bonds. The Kier molecular flexibility index (Phi) is 4.05. The fraction of sp³-hybridized carbons (Fsp3) is 0.333. The van der Waals surface area contributed by atoms with E-state index in [-0.39, 0.29) is 11.9 Å². The highest BCUT2D eigenvalue weighted by atomic mass is 16.2. The van der Waals surface area contributed by atoms with Gasteiger partial charge in [-0.25, -0.2) is 0 Å². The number of fused-ring (bicyclic) bond motifs is 1. The standard InChI is InChI=1S/C18H20N6O/c1-14(24-8-4-7-20-24)18(25)23-11-9-22(10-12-23)17-16-6-3-2-5-15(16)13-19-21-17/h2-8,13-14H,9-12H2,1H3/t14-/m0/s1. The summed E-state index contributed by atoms with van der Waals surface area (Å²) < 4.78 is 1.70. The molecule has 0 spiro atoms. The Morgan fingerprint density at radius 2 is 1.92 bits per heavy atom. The fourth-order valence-electron chi connectivity index (χ4n) is 3.27. The molecule has 1 aromatic carbocycles. The van der Waals surface area contributed by atoms with Gasteiger partial charge < -0.3 is 9.80 Å². The topological polar surface area (TPSA) is 67.2 Å². The van der Waals surface area contributed by atoms with Crippen LogP contribution in [0.5, 0.6) is 0 Å². The van der Waals surface area contributed by atoms with Gasteiger partial charge in [0, 0.05) is 49.3 Å². The van der Waals surface area contributed by atoms with Crippen molar-refractivity contribution in [1.29, 1.82) is 0 Å². The van der Waals surface area contributed by atoms with Gasteiger partial charge in [-0.15, -0.1) is 5.10 Å². The molecule has 7 heteroatoms. The van der Waals surface area contributed by atoms with Crippen molar-refractivity contribution < 1.29 is 4.79 Å². The molecule has 1 atom stereocenters. The molecular formula is C18H20N6O. The Morgan fingerprint density at radius 1 is 1.12 bits per heavy atom. The molecule has 0 aliphatic carbocycles. The summed E-state index contributed by atoms with van der Waals surface area (Å²) in [5, 5.41) is 14.8. The van der Waals surface area contributed by atoms with E-state index in [0.717, 1.165) is 29.7 Å². The number of carbonyl (C=O) groups excluding carboxylic acids is 1. The van der Waals surface area contributed by atoms with E-state index in [9.17, 15) is 4.79 Å². The van der Waals surface area contributed by atoms with E-state index in [0.29, 0.717) is 13.1 Å². The molecule has 1 aliphatic rings. The normalized spacial score (nSPS) is 16.2. The molecule has 0 radical (unpaired) electrons. The third-order valence-corrected chi connectivity index (χ3v) is 4.72. The Hall–Kier alpha value is -2.96. The molecule has 1 aliphatic heterocycles. The van der Waals surface area contributed by atoms with Crippen molar-refractivity contribution in [2.45, 2.75) is 13.0 Å². The number of rotatable bonds is 3. The van der Waals surface area contributed by atoms with Gasteiger partial charge in [-0.3, -0.25) is 9.48 Å². The summed E-state index contributed by atoms with van der Waals surface area (Å²) >= 11 is 0. The SMILES string of the molecule is C[C@@H](C(=O)N1CCN(c2nncc3ccccc23)CC1)n1cccn1. The van der Waals surface area contributed by atoms with Crippen molar-refractivity contribution in [3.05, 3.63) is 48.9 Å². The van der Waals surface area contributed by atoms with Crippen LogP contribution in [0.2, 0.25) is 0 Å². The van der Waals surface area contributed by atoms with Crippen LogP contribution in [0, 0.1) is 0 Å². The third kappa shape index (κ3) is 2.93. The zero-order chi connectivity index (χ0) is 17.2. The Bertz CT molecular complexity index is 865. The molecule has 0 saturated carbocycles. The zero-order valence-electron chi connectivity index (χ0n) is 14.1. The summed E-state index contributed by atoms with van der Waals surface area (Å²) in [5.41, 5.74) is 0. The highest BCUT2D eigenvalue weighted by Crippen LogP contribution is 2.24. The summed E-state index contributed by atoms with van der Waals surface area (Å²) in [5.74, 6) is 0.998. The number of hydrogen-bond donors (Lipinski definition) is 0. The lowest BCUT2D eigenvalue weighted by atomic mass is 10.1. The smallest absolute Gasteiger partial charge is 0.247 e. The lowest BCUT2D eigenvalue weighted by Gasteiger charge is -2.36. The number of nitrogens with zero attached hydrogens (tertiary/aromatic N) is 6. The number of aromatic nitrogens is 4. The minimum Gasteiger partial charge on any atom is -0.351 e. The highest BCUT2D eigenvalue weighted by molar-refractivity contribution is 5.91. The molecule has 2 aromatic heterocycles. The van der Waals surface area contributed by atoms with E-state index in [1.165, 1.54) is 0 Å². The lowest BCUT2D eigenvalue weighted by Crippen LogP contribution is -2.50. The predicted molar refractivity (Wildman–Crippen MR) is 95.3 cm³/mol. The van der Waals surface area contributed by atoms with Gasteiger partial charge in [0.15, 0.2) is 5.82 Å². The first-order valence-electron chi connectivity index (χ1n) is 8.47. The van der Waals surface area contributed by atoms with Gasteiger partial charge in [0.2, 0.25) is 5.91 Å². The quantitative estimate of drug-likeness (QED) is 0.729. The first-order chi connectivity index (χ1) is 12.2. The number of hydrogen-bond acceptors (Lipinski definition) is 5. The van der Waals surface area contributed by atoms with E-state index in [4.69, 9.17) is 0 Å². The molecule has 1 fully saturated rings. The van der Waals surface area contributed by atoms with Crippen LogP contribution in [0.1, 0.15) is 13.0 Å². The summed E-state index contributed by atoms with van der Waals surface area (Å²) in [6, 6.07) is 9.68. The number of piperazine rings is 1. The van der Waals surface area contributed by atoms with Crippen LogP contribution in [0.25, 0.3) is 10.8 Å². The molecule has 3 aromatic rings. The number of anilines is 1. The summed E-state index contributed by atoms with van der Waals surface area (Å²) in [4.78, 5) is 16.8. The van der Waals surface area contributed by atoms with Crippen molar-refractivity contribution >= 4 is 22.5 Å². The van der Waals surface area contributed by atoms with Crippen LogP contribution in [0.3, 0.4) is 0 Å².